The number of hydrogen-bond donors (Lipinski definition) is 2. The molecule has 0 radical (unpaired) electrons. The first-order valence-corrected chi connectivity index (χ1v) is 6.98. The maximum atomic E-state index is 10.8. The highest BCUT2D eigenvalue weighted by Gasteiger charge is 2.01. The topological polar surface area (TPSA) is 55.1 Å². The highest BCUT2D eigenvalue weighted by Crippen LogP contribution is 2.10. The lowest BCUT2D eigenvalue weighted by Gasteiger charge is -2.08. The Kier molecular flexibility index (Phi) is 9.97. The molecule has 110 valence electrons. The minimum absolute atomic E-state index is 0.272. The minimum atomic E-state index is 0.272. The number of aldehydes is 1. The Morgan fingerprint density at radius 1 is 1.25 bits per heavy atom. The second-order valence-electron chi connectivity index (χ2n) is 4.11. The van der Waals surface area contributed by atoms with Gasteiger partial charge in [0.15, 0.2) is 0 Å². The number of carbonyl (C=O) groups is 1. The average Bonchev–Trinajstić information content (AvgIpc) is 2.51. The van der Waals surface area contributed by atoms with E-state index in [9.17, 15) is 4.79 Å². The van der Waals surface area contributed by atoms with Crippen molar-refractivity contribution in [2.24, 2.45) is 5.73 Å². The van der Waals surface area contributed by atoms with E-state index in [0.717, 1.165) is 24.0 Å². The average molecular weight is 274 g/mol. The van der Waals surface area contributed by atoms with Gasteiger partial charge < -0.3 is 11.1 Å². The van der Waals surface area contributed by atoms with Crippen LogP contribution < -0.4 is 11.1 Å². The van der Waals surface area contributed by atoms with E-state index < -0.39 is 0 Å². The molecular weight excluding hydrogens is 248 g/mol. The van der Waals surface area contributed by atoms with Gasteiger partial charge in [-0.25, -0.2) is 0 Å². The molecule has 1 aromatic carbocycles. The molecule has 0 bridgehead atoms. The zero-order chi connectivity index (χ0) is 15.4. The maximum absolute atomic E-state index is 10.8. The van der Waals surface area contributed by atoms with Crippen LogP contribution in [-0.4, -0.2) is 19.9 Å². The van der Waals surface area contributed by atoms with Crippen molar-refractivity contribution < 1.29 is 4.79 Å². The summed E-state index contributed by atoms with van der Waals surface area (Å²) in [4.78, 5) is 10.8. The first-order valence-electron chi connectivity index (χ1n) is 6.98. The minimum Gasteiger partial charge on any atom is -0.391 e. The molecule has 0 fully saturated rings. The summed E-state index contributed by atoms with van der Waals surface area (Å²) in [6.07, 6.45) is 3.61. The van der Waals surface area contributed by atoms with Crippen molar-refractivity contribution >= 4 is 6.29 Å². The van der Waals surface area contributed by atoms with Gasteiger partial charge in [-0.05, 0) is 24.1 Å². The monoisotopic (exact) mass is 274 g/mol. The highest BCUT2D eigenvalue weighted by molar-refractivity contribution is 5.76. The third-order valence-electron chi connectivity index (χ3n) is 2.82. The van der Waals surface area contributed by atoms with E-state index in [4.69, 9.17) is 5.73 Å². The highest BCUT2D eigenvalue weighted by atomic mass is 16.1. The van der Waals surface area contributed by atoms with Crippen LogP contribution >= 0.6 is 0 Å². The van der Waals surface area contributed by atoms with E-state index in [2.05, 4.69) is 17.4 Å². The number of hydrogen-bond acceptors (Lipinski definition) is 3. The number of allylic oxidation sites excluding steroid dienone is 3. The summed E-state index contributed by atoms with van der Waals surface area (Å²) in [6, 6.07) is 10.2. The molecule has 0 aliphatic heterocycles. The van der Waals surface area contributed by atoms with Crippen LogP contribution in [0.3, 0.4) is 0 Å². The number of likely N-dealkylation sites (N-methyl/N-ethyl adjacent to an activating group) is 1. The normalized spacial score (nSPS) is 11.9. The van der Waals surface area contributed by atoms with Crippen molar-refractivity contribution in [3.05, 3.63) is 58.8 Å². The van der Waals surface area contributed by atoms with Gasteiger partial charge in [0.1, 0.15) is 6.29 Å². The summed E-state index contributed by atoms with van der Waals surface area (Å²) in [5.41, 5.74) is 9.35. The Morgan fingerprint density at radius 2 is 1.85 bits per heavy atom. The van der Waals surface area contributed by atoms with E-state index in [1.54, 1.807) is 0 Å². The zero-order valence-electron chi connectivity index (χ0n) is 12.9. The molecule has 0 atom stereocenters. The van der Waals surface area contributed by atoms with E-state index in [-0.39, 0.29) is 6.54 Å². The summed E-state index contributed by atoms with van der Waals surface area (Å²) < 4.78 is 0. The van der Waals surface area contributed by atoms with E-state index in [0.29, 0.717) is 5.57 Å². The van der Waals surface area contributed by atoms with Gasteiger partial charge in [-0.15, -0.1) is 0 Å². The first kappa shape index (κ1) is 18.1. The number of nitrogens with one attached hydrogen (secondary N) is 1. The third-order valence-corrected chi connectivity index (χ3v) is 2.82. The van der Waals surface area contributed by atoms with Gasteiger partial charge in [0.05, 0.1) is 0 Å². The molecule has 3 heteroatoms. The summed E-state index contributed by atoms with van der Waals surface area (Å²) in [6.45, 7) is 6.17. The fraction of sp³-hybridized carbons (Fsp3) is 0.353. The molecule has 0 heterocycles. The van der Waals surface area contributed by atoms with Crippen molar-refractivity contribution in [1.82, 2.24) is 5.32 Å². The number of carbonyl (C=O) groups excluding carboxylic acids is 1. The Bertz CT molecular complexity index is 447. The summed E-state index contributed by atoms with van der Waals surface area (Å²) in [7, 11) is 1.88. The number of nitrogens with two attached hydrogens (primary N) is 1. The quantitative estimate of drug-likeness (QED) is 0.476. The smallest absolute Gasteiger partial charge is 0.147 e. The van der Waals surface area contributed by atoms with Gasteiger partial charge in [-0.3, -0.25) is 4.79 Å². The van der Waals surface area contributed by atoms with Gasteiger partial charge in [0.2, 0.25) is 0 Å². The third kappa shape index (κ3) is 6.34. The van der Waals surface area contributed by atoms with Crippen molar-refractivity contribution in [1.29, 1.82) is 0 Å². The van der Waals surface area contributed by atoms with E-state index in [1.165, 1.54) is 5.56 Å². The lowest BCUT2D eigenvalue weighted by molar-refractivity contribution is -0.104. The number of benzene rings is 1. The number of rotatable bonds is 6. The summed E-state index contributed by atoms with van der Waals surface area (Å²) in [5.74, 6) is 0. The fourth-order valence-electron chi connectivity index (χ4n) is 1.68. The van der Waals surface area contributed by atoms with Crippen LogP contribution in [0.2, 0.25) is 0 Å². The second-order valence-corrected chi connectivity index (χ2v) is 4.11. The van der Waals surface area contributed by atoms with Crippen LogP contribution in [0.5, 0.6) is 0 Å². The lowest BCUT2D eigenvalue weighted by atomic mass is 10.1. The van der Waals surface area contributed by atoms with E-state index >= 15 is 0 Å². The predicted molar refractivity (Wildman–Crippen MR) is 86.5 cm³/mol. The molecular formula is C17H26N2O. The Balaban J connectivity index is 0.00000172. The van der Waals surface area contributed by atoms with Crippen LogP contribution in [-0.2, 0) is 11.2 Å². The van der Waals surface area contributed by atoms with Crippen molar-refractivity contribution in [2.45, 2.75) is 27.2 Å². The summed E-state index contributed by atoms with van der Waals surface area (Å²) in [5, 5.41) is 3.15. The van der Waals surface area contributed by atoms with Crippen LogP contribution in [0.15, 0.2) is 53.3 Å². The second kappa shape index (κ2) is 11.0. The SMILES string of the molecule is CC.CN/C(=C\C(C)=C(/C=O)CN)Cc1ccccc1. The van der Waals surface area contributed by atoms with Crippen LogP contribution in [0.4, 0.5) is 0 Å². The van der Waals surface area contributed by atoms with Crippen molar-refractivity contribution in [3.63, 3.8) is 0 Å². The van der Waals surface area contributed by atoms with Crippen LogP contribution in [0.25, 0.3) is 0 Å². The van der Waals surface area contributed by atoms with Crippen molar-refractivity contribution in [2.75, 3.05) is 13.6 Å². The molecule has 0 saturated carbocycles. The molecule has 0 unspecified atom stereocenters. The molecule has 3 N–H and O–H groups in total. The van der Waals surface area contributed by atoms with Gasteiger partial charge in [0, 0.05) is 31.3 Å². The molecule has 0 amide bonds. The Morgan fingerprint density at radius 3 is 2.30 bits per heavy atom. The molecule has 0 spiro atoms. The van der Waals surface area contributed by atoms with Gasteiger partial charge >= 0.3 is 0 Å². The van der Waals surface area contributed by atoms with Gasteiger partial charge in [-0.1, -0.05) is 44.2 Å². The molecule has 0 aliphatic rings. The molecule has 0 saturated heterocycles. The molecule has 0 aromatic heterocycles. The van der Waals surface area contributed by atoms with Crippen LogP contribution in [0, 0.1) is 0 Å². The molecule has 0 aliphatic carbocycles. The fourth-order valence-corrected chi connectivity index (χ4v) is 1.68. The summed E-state index contributed by atoms with van der Waals surface area (Å²) >= 11 is 0. The van der Waals surface area contributed by atoms with Gasteiger partial charge in [0.25, 0.3) is 0 Å². The van der Waals surface area contributed by atoms with Crippen molar-refractivity contribution in [3.8, 4) is 0 Å². The van der Waals surface area contributed by atoms with E-state index in [1.807, 2.05) is 52.1 Å². The molecule has 1 rings (SSSR count). The largest absolute Gasteiger partial charge is 0.391 e. The molecule has 20 heavy (non-hydrogen) atoms. The zero-order valence-corrected chi connectivity index (χ0v) is 12.9. The van der Waals surface area contributed by atoms with Crippen LogP contribution in [0.1, 0.15) is 26.3 Å². The maximum Gasteiger partial charge on any atom is 0.147 e. The Hall–Kier alpha value is -1.87. The molecule has 3 nitrogen and oxygen atoms in total. The van der Waals surface area contributed by atoms with Gasteiger partial charge in [-0.2, -0.15) is 0 Å². The predicted octanol–water partition coefficient (Wildman–Crippen LogP) is 2.83. The molecule has 1 aromatic rings. The Labute approximate surface area is 122 Å². The standard InChI is InChI=1S/C15H20N2O.C2H6/c1-12(14(10-16)11-18)8-15(17-2)9-13-6-4-3-5-7-13;1-2/h3-8,11,17H,9-10,16H2,1-2H3;1-2H3/b14-12-,15-8-;. The lowest BCUT2D eigenvalue weighted by Crippen LogP contribution is -2.10. The first-order chi connectivity index (χ1) is 9.71.